The van der Waals surface area contributed by atoms with Crippen molar-refractivity contribution in [3.05, 3.63) is 52.9 Å². The summed E-state index contributed by atoms with van der Waals surface area (Å²) in [5.74, 6) is 0.494. The molecule has 0 spiro atoms. The zero-order valence-electron chi connectivity index (χ0n) is 18.1. The maximum Gasteiger partial charge on any atom is 0.338 e. The van der Waals surface area contributed by atoms with Gasteiger partial charge in [-0.05, 0) is 30.3 Å². The number of hydrogen-bond donors (Lipinski definition) is 0. The fourth-order valence-corrected chi connectivity index (χ4v) is 4.16. The molecular formula is C20H20ClN3O8S. The molecule has 0 N–H and O–H groups in total. The molecule has 0 aliphatic rings. The van der Waals surface area contributed by atoms with Crippen LogP contribution in [0.2, 0.25) is 5.02 Å². The van der Waals surface area contributed by atoms with E-state index in [1.807, 2.05) is 0 Å². The summed E-state index contributed by atoms with van der Waals surface area (Å²) in [4.78, 5) is 21.1. The van der Waals surface area contributed by atoms with E-state index >= 15 is 0 Å². The van der Waals surface area contributed by atoms with E-state index in [0.717, 1.165) is 6.07 Å². The summed E-state index contributed by atoms with van der Waals surface area (Å²) in [5.41, 5.74) is 0.508. The molecule has 176 valence electrons. The molecule has 3 aromatic rings. The fourth-order valence-electron chi connectivity index (χ4n) is 2.68. The summed E-state index contributed by atoms with van der Waals surface area (Å²) in [6.07, 6.45) is 0. The molecule has 33 heavy (non-hydrogen) atoms. The SMILES string of the molecule is COc1ccc(-c2noc(COC(=O)c3ccc(Cl)c(S(=O)(=O)N(C)OC)c3)n2)c(OC)c1. The minimum Gasteiger partial charge on any atom is -0.497 e. The lowest BCUT2D eigenvalue weighted by Crippen LogP contribution is -2.26. The monoisotopic (exact) mass is 497 g/mol. The summed E-state index contributed by atoms with van der Waals surface area (Å²) in [7, 11) is 1.33. The first kappa shape index (κ1) is 24.5. The fraction of sp³-hybridized carbons (Fsp3) is 0.250. The Kier molecular flexibility index (Phi) is 7.53. The highest BCUT2D eigenvalue weighted by Crippen LogP contribution is 2.31. The Balaban J connectivity index is 1.75. The maximum atomic E-state index is 12.5. The summed E-state index contributed by atoms with van der Waals surface area (Å²) in [5, 5.41) is 3.80. The molecule has 0 atom stereocenters. The number of hydrogen-bond acceptors (Lipinski definition) is 10. The first-order valence-electron chi connectivity index (χ1n) is 9.26. The molecule has 3 rings (SSSR count). The number of aromatic nitrogens is 2. The maximum absolute atomic E-state index is 12.5. The van der Waals surface area contributed by atoms with Crippen LogP contribution in [0.3, 0.4) is 0 Å². The summed E-state index contributed by atoms with van der Waals surface area (Å²) >= 11 is 6.00. The number of carbonyl (C=O) groups is 1. The summed E-state index contributed by atoms with van der Waals surface area (Å²) < 4.78 is 46.4. The van der Waals surface area contributed by atoms with Crippen LogP contribution in [0.4, 0.5) is 0 Å². The van der Waals surface area contributed by atoms with Crippen molar-refractivity contribution in [2.75, 3.05) is 28.4 Å². The molecule has 2 aromatic carbocycles. The van der Waals surface area contributed by atoms with Crippen molar-refractivity contribution in [1.82, 2.24) is 14.6 Å². The molecule has 0 fully saturated rings. The molecule has 0 aliphatic carbocycles. The molecular weight excluding hydrogens is 478 g/mol. The number of carbonyl (C=O) groups excluding carboxylic acids is 1. The summed E-state index contributed by atoms with van der Waals surface area (Å²) in [6.45, 7) is -0.340. The molecule has 0 amide bonds. The van der Waals surface area contributed by atoms with Crippen molar-refractivity contribution in [2.24, 2.45) is 0 Å². The van der Waals surface area contributed by atoms with E-state index in [1.165, 1.54) is 40.5 Å². The lowest BCUT2D eigenvalue weighted by Gasteiger charge is -2.15. The predicted octanol–water partition coefficient (Wildman–Crippen LogP) is 2.95. The molecule has 1 aromatic heterocycles. The van der Waals surface area contributed by atoms with Crippen LogP contribution >= 0.6 is 11.6 Å². The first-order chi connectivity index (χ1) is 15.7. The highest BCUT2D eigenvalue weighted by Gasteiger charge is 2.26. The van der Waals surface area contributed by atoms with Crippen LogP contribution < -0.4 is 9.47 Å². The number of halogens is 1. The van der Waals surface area contributed by atoms with Gasteiger partial charge in [0.1, 0.15) is 16.4 Å². The third-order valence-electron chi connectivity index (χ3n) is 4.48. The van der Waals surface area contributed by atoms with Crippen molar-refractivity contribution < 1.29 is 36.8 Å². The zero-order valence-corrected chi connectivity index (χ0v) is 19.6. The minimum absolute atomic E-state index is 0.0251. The van der Waals surface area contributed by atoms with Gasteiger partial charge in [-0.3, -0.25) is 4.84 Å². The lowest BCUT2D eigenvalue weighted by molar-refractivity contribution is -0.0258. The van der Waals surface area contributed by atoms with Crippen LogP contribution in [0.1, 0.15) is 16.2 Å². The van der Waals surface area contributed by atoms with Crippen LogP contribution in [0, 0.1) is 0 Å². The molecule has 0 bridgehead atoms. The Morgan fingerprint density at radius 2 is 1.88 bits per heavy atom. The van der Waals surface area contributed by atoms with Gasteiger partial charge >= 0.3 is 5.97 Å². The molecule has 0 saturated heterocycles. The minimum atomic E-state index is -4.07. The second-order valence-corrected chi connectivity index (χ2v) is 8.71. The van der Waals surface area contributed by atoms with Gasteiger partial charge in [-0.2, -0.15) is 4.98 Å². The van der Waals surface area contributed by atoms with Gasteiger partial charge in [-0.25, -0.2) is 13.2 Å². The lowest BCUT2D eigenvalue weighted by atomic mass is 10.2. The van der Waals surface area contributed by atoms with Gasteiger partial charge in [0.2, 0.25) is 5.82 Å². The van der Waals surface area contributed by atoms with Crippen LogP contribution in [0.15, 0.2) is 45.8 Å². The van der Waals surface area contributed by atoms with Crippen molar-refractivity contribution >= 4 is 27.6 Å². The smallest absolute Gasteiger partial charge is 0.338 e. The van der Waals surface area contributed by atoms with Gasteiger partial charge in [0.25, 0.3) is 15.9 Å². The first-order valence-corrected chi connectivity index (χ1v) is 11.1. The van der Waals surface area contributed by atoms with Gasteiger partial charge in [-0.1, -0.05) is 21.2 Å². The van der Waals surface area contributed by atoms with E-state index < -0.39 is 16.0 Å². The normalized spacial score (nSPS) is 11.5. The average molecular weight is 498 g/mol. The Morgan fingerprint density at radius 3 is 2.55 bits per heavy atom. The average Bonchev–Trinajstić information content (AvgIpc) is 3.30. The number of hydroxylamine groups is 1. The van der Waals surface area contributed by atoms with Crippen LogP contribution in [-0.4, -0.2) is 57.4 Å². The number of nitrogens with zero attached hydrogens (tertiary/aromatic N) is 3. The number of sulfonamides is 1. The molecule has 13 heteroatoms. The van der Waals surface area contributed by atoms with Gasteiger partial charge < -0.3 is 18.7 Å². The van der Waals surface area contributed by atoms with Gasteiger partial charge in [-0.15, -0.1) is 0 Å². The third kappa shape index (κ3) is 5.25. The van der Waals surface area contributed by atoms with E-state index in [2.05, 4.69) is 10.1 Å². The summed E-state index contributed by atoms with van der Waals surface area (Å²) in [6, 6.07) is 8.77. The molecule has 0 unspecified atom stereocenters. The quantitative estimate of drug-likeness (QED) is 0.321. The second kappa shape index (κ2) is 10.2. The van der Waals surface area contributed by atoms with Crippen molar-refractivity contribution in [2.45, 2.75) is 11.5 Å². The van der Waals surface area contributed by atoms with E-state index in [9.17, 15) is 13.2 Å². The van der Waals surface area contributed by atoms with E-state index in [0.29, 0.717) is 21.5 Å². The second-order valence-electron chi connectivity index (χ2n) is 6.40. The van der Waals surface area contributed by atoms with Gasteiger partial charge in [0.15, 0.2) is 6.61 Å². The zero-order chi connectivity index (χ0) is 24.2. The Labute approximate surface area is 194 Å². The van der Waals surface area contributed by atoms with Crippen molar-refractivity contribution in [3.63, 3.8) is 0 Å². The number of esters is 1. The number of ether oxygens (including phenoxy) is 3. The van der Waals surface area contributed by atoms with E-state index in [4.69, 9.17) is 35.2 Å². The Morgan fingerprint density at radius 1 is 1.12 bits per heavy atom. The largest absolute Gasteiger partial charge is 0.497 e. The number of benzene rings is 2. The highest BCUT2D eigenvalue weighted by atomic mass is 35.5. The van der Waals surface area contributed by atoms with Crippen LogP contribution in [0.25, 0.3) is 11.4 Å². The number of methoxy groups -OCH3 is 2. The third-order valence-corrected chi connectivity index (χ3v) is 6.65. The van der Waals surface area contributed by atoms with E-state index in [1.54, 1.807) is 18.2 Å². The van der Waals surface area contributed by atoms with Crippen LogP contribution in [0.5, 0.6) is 11.5 Å². The highest BCUT2D eigenvalue weighted by molar-refractivity contribution is 7.89. The standard InChI is InChI=1S/C20H20ClN3O8S/c1-24(30-4)33(26,27)17-9-12(5-8-15(17)21)20(25)31-11-18-22-19(23-32-18)14-7-6-13(28-2)10-16(14)29-3/h5-10H,11H2,1-4H3. The van der Waals surface area contributed by atoms with Crippen molar-refractivity contribution in [3.8, 4) is 22.9 Å². The molecule has 11 nitrogen and oxygen atoms in total. The Hall–Kier alpha value is -3.19. The predicted molar refractivity (Wildman–Crippen MR) is 115 cm³/mol. The molecule has 1 heterocycles. The van der Waals surface area contributed by atoms with Crippen LogP contribution in [-0.2, 0) is 26.2 Å². The van der Waals surface area contributed by atoms with Crippen molar-refractivity contribution in [1.29, 1.82) is 0 Å². The topological polar surface area (TPSA) is 130 Å². The molecule has 0 radical (unpaired) electrons. The van der Waals surface area contributed by atoms with E-state index in [-0.39, 0.29) is 33.8 Å². The van der Waals surface area contributed by atoms with Gasteiger partial charge in [0.05, 0.1) is 37.5 Å². The van der Waals surface area contributed by atoms with Gasteiger partial charge in [0, 0.05) is 13.1 Å². The number of rotatable bonds is 9. The molecule has 0 aliphatic heterocycles. The Bertz CT molecular complexity index is 1260. The molecule has 0 saturated carbocycles.